The number of benzene rings is 2. The monoisotopic (exact) mass is 476 g/mol. The molecule has 0 saturated heterocycles. The van der Waals surface area contributed by atoms with Gasteiger partial charge < -0.3 is 15.5 Å². The lowest BCUT2D eigenvalue weighted by atomic mass is 10.1. The van der Waals surface area contributed by atoms with E-state index in [-0.39, 0.29) is 18.0 Å². The maximum atomic E-state index is 12.5. The second-order valence-corrected chi connectivity index (χ2v) is 10.7. The topological polar surface area (TPSA) is 74.6 Å². The minimum absolute atomic E-state index is 0.0507. The van der Waals surface area contributed by atoms with Crippen LogP contribution >= 0.6 is 11.3 Å². The number of anilines is 2. The molecule has 2 aromatic carbocycles. The van der Waals surface area contributed by atoms with E-state index in [2.05, 4.69) is 68.7 Å². The molecule has 4 aromatic rings. The highest BCUT2D eigenvalue weighted by Gasteiger charge is 2.23. The van der Waals surface area contributed by atoms with Crippen molar-refractivity contribution in [3.63, 3.8) is 0 Å². The van der Waals surface area contributed by atoms with Crippen molar-refractivity contribution < 1.29 is 4.79 Å². The summed E-state index contributed by atoms with van der Waals surface area (Å²) in [5.41, 5.74) is 5.22. The van der Waals surface area contributed by atoms with Gasteiger partial charge in [0, 0.05) is 24.7 Å². The number of carbonyl (C=O) groups excluding carboxylic acids is 1. The molecule has 0 bridgehead atoms. The molecule has 0 fully saturated rings. The van der Waals surface area contributed by atoms with Crippen LogP contribution in [-0.2, 0) is 11.3 Å². The number of fused-ring (bicyclic) bond motifs is 1. The van der Waals surface area contributed by atoms with E-state index in [0.29, 0.717) is 6.54 Å². The van der Waals surface area contributed by atoms with Gasteiger partial charge in [-0.15, -0.1) is 5.10 Å². The maximum absolute atomic E-state index is 12.5. The minimum Gasteiger partial charge on any atom is -0.364 e. The second kappa shape index (κ2) is 9.46. The summed E-state index contributed by atoms with van der Waals surface area (Å²) in [6, 6.07) is 16.5. The van der Waals surface area contributed by atoms with Gasteiger partial charge in [-0.2, -0.15) is 4.52 Å². The van der Waals surface area contributed by atoms with Gasteiger partial charge in [0.05, 0.1) is 6.54 Å². The third-order valence-corrected chi connectivity index (χ3v) is 6.31. The molecule has 34 heavy (non-hydrogen) atoms. The Morgan fingerprint density at radius 2 is 1.82 bits per heavy atom. The fourth-order valence-electron chi connectivity index (χ4n) is 3.63. The normalized spacial score (nSPS) is 11.6. The van der Waals surface area contributed by atoms with Crippen molar-refractivity contribution in [1.29, 1.82) is 0 Å². The summed E-state index contributed by atoms with van der Waals surface area (Å²) in [6.07, 6.45) is 0. The van der Waals surface area contributed by atoms with Crippen LogP contribution in [0.1, 0.15) is 37.5 Å². The molecular formula is C26H32N6OS. The molecule has 0 spiro atoms. The summed E-state index contributed by atoms with van der Waals surface area (Å²) < 4.78 is 1.85. The standard InChI is InChI=1S/C26H32N6OS/c1-17-10-12-20(13-11-17)22-23(29-26(3,4)5)32-24(28-22)34-25(30-32)31(6)16-21(33)27-15-19-9-7-8-18(2)14-19/h7-14,29H,15-16H2,1-6H3,(H,27,33). The van der Waals surface area contributed by atoms with Gasteiger partial charge >= 0.3 is 0 Å². The van der Waals surface area contributed by atoms with Gasteiger partial charge in [0.2, 0.25) is 16.0 Å². The fraction of sp³-hybridized carbons (Fsp3) is 0.346. The number of rotatable bonds is 7. The summed E-state index contributed by atoms with van der Waals surface area (Å²) >= 11 is 1.47. The number of hydrogen-bond donors (Lipinski definition) is 2. The van der Waals surface area contributed by atoms with Crippen LogP contribution in [0.3, 0.4) is 0 Å². The quantitative estimate of drug-likeness (QED) is 0.391. The Morgan fingerprint density at radius 3 is 2.50 bits per heavy atom. The Kier molecular flexibility index (Phi) is 6.61. The molecule has 0 saturated carbocycles. The van der Waals surface area contributed by atoms with Crippen LogP contribution in [-0.4, -0.2) is 39.6 Å². The number of nitrogens with zero attached hydrogens (tertiary/aromatic N) is 4. The van der Waals surface area contributed by atoms with E-state index in [0.717, 1.165) is 32.7 Å². The fourth-order valence-corrected chi connectivity index (χ4v) is 4.50. The molecule has 0 aliphatic carbocycles. The zero-order valence-electron chi connectivity index (χ0n) is 20.6. The highest BCUT2D eigenvalue weighted by atomic mass is 32.1. The van der Waals surface area contributed by atoms with Crippen molar-refractivity contribution in [3.05, 3.63) is 65.2 Å². The van der Waals surface area contributed by atoms with Gasteiger partial charge in [-0.1, -0.05) is 71.0 Å². The van der Waals surface area contributed by atoms with Crippen molar-refractivity contribution in [3.8, 4) is 11.3 Å². The first-order valence-corrected chi connectivity index (χ1v) is 12.2. The van der Waals surface area contributed by atoms with Gasteiger partial charge in [0.1, 0.15) is 5.69 Å². The van der Waals surface area contributed by atoms with E-state index in [4.69, 9.17) is 10.1 Å². The maximum Gasteiger partial charge on any atom is 0.239 e. The number of aryl methyl sites for hydroxylation is 2. The van der Waals surface area contributed by atoms with Crippen LogP contribution in [0.2, 0.25) is 0 Å². The highest BCUT2D eigenvalue weighted by Crippen LogP contribution is 2.34. The van der Waals surface area contributed by atoms with Crippen LogP contribution < -0.4 is 15.5 Å². The Bertz CT molecular complexity index is 1300. The van der Waals surface area contributed by atoms with Crippen LogP contribution in [0.25, 0.3) is 16.2 Å². The van der Waals surface area contributed by atoms with Gasteiger partial charge in [-0.25, -0.2) is 4.98 Å². The largest absolute Gasteiger partial charge is 0.364 e. The molecule has 2 N–H and O–H groups in total. The van der Waals surface area contributed by atoms with Gasteiger partial charge in [0.15, 0.2) is 5.82 Å². The second-order valence-electron chi connectivity index (χ2n) is 9.75. The molecule has 0 radical (unpaired) electrons. The molecule has 2 heterocycles. The molecule has 178 valence electrons. The van der Waals surface area contributed by atoms with Crippen molar-refractivity contribution in [2.75, 3.05) is 23.8 Å². The third kappa shape index (κ3) is 5.56. The molecular weight excluding hydrogens is 444 g/mol. The van der Waals surface area contributed by atoms with Crippen molar-refractivity contribution in [2.24, 2.45) is 0 Å². The van der Waals surface area contributed by atoms with Crippen LogP contribution in [0.5, 0.6) is 0 Å². The number of amides is 1. The lowest BCUT2D eigenvalue weighted by molar-refractivity contribution is -0.119. The lowest BCUT2D eigenvalue weighted by Crippen LogP contribution is -2.34. The summed E-state index contributed by atoms with van der Waals surface area (Å²) in [7, 11) is 1.88. The van der Waals surface area contributed by atoms with E-state index in [1.54, 1.807) is 0 Å². The van der Waals surface area contributed by atoms with Crippen LogP contribution in [0, 0.1) is 13.8 Å². The van der Waals surface area contributed by atoms with E-state index in [1.807, 2.05) is 41.6 Å². The smallest absolute Gasteiger partial charge is 0.239 e. The van der Waals surface area contributed by atoms with Gasteiger partial charge in [-0.05, 0) is 40.2 Å². The summed E-state index contributed by atoms with van der Waals surface area (Å²) in [5.74, 6) is 0.802. The number of imidazole rings is 1. The zero-order chi connectivity index (χ0) is 24.5. The number of hydrogen-bond acceptors (Lipinski definition) is 6. The summed E-state index contributed by atoms with van der Waals surface area (Å²) in [4.78, 5) is 20.1. The van der Waals surface area contributed by atoms with Gasteiger partial charge in [0.25, 0.3) is 0 Å². The molecule has 1 amide bonds. The third-order valence-electron chi connectivity index (χ3n) is 5.29. The first-order chi connectivity index (χ1) is 16.1. The number of carbonyl (C=O) groups is 1. The van der Waals surface area contributed by atoms with Crippen molar-refractivity contribution in [1.82, 2.24) is 19.9 Å². The number of aromatic nitrogens is 3. The van der Waals surface area contributed by atoms with E-state index in [9.17, 15) is 4.79 Å². The average molecular weight is 477 g/mol. The van der Waals surface area contributed by atoms with Crippen molar-refractivity contribution in [2.45, 2.75) is 46.7 Å². The van der Waals surface area contributed by atoms with E-state index in [1.165, 1.54) is 22.5 Å². The number of nitrogens with one attached hydrogen (secondary N) is 2. The molecule has 0 aliphatic rings. The SMILES string of the molecule is Cc1ccc(-c2nc3sc(N(C)CC(=O)NCc4cccc(C)c4)nn3c2NC(C)(C)C)cc1. The average Bonchev–Trinajstić information content (AvgIpc) is 3.31. The molecule has 8 heteroatoms. The molecule has 7 nitrogen and oxygen atoms in total. The predicted octanol–water partition coefficient (Wildman–Crippen LogP) is 5.04. The highest BCUT2D eigenvalue weighted by molar-refractivity contribution is 7.20. The molecule has 0 atom stereocenters. The lowest BCUT2D eigenvalue weighted by Gasteiger charge is -2.22. The molecule has 2 aromatic heterocycles. The Balaban J connectivity index is 1.54. The summed E-state index contributed by atoms with van der Waals surface area (Å²) in [5, 5.41) is 12.1. The number of likely N-dealkylation sites (N-methyl/N-ethyl adjacent to an activating group) is 1. The predicted molar refractivity (Wildman–Crippen MR) is 141 cm³/mol. The van der Waals surface area contributed by atoms with Crippen LogP contribution in [0.15, 0.2) is 48.5 Å². The first kappa shape index (κ1) is 23.8. The first-order valence-electron chi connectivity index (χ1n) is 11.4. The van der Waals surface area contributed by atoms with Crippen molar-refractivity contribution >= 4 is 33.2 Å². The zero-order valence-corrected chi connectivity index (χ0v) is 21.5. The van der Waals surface area contributed by atoms with E-state index < -0.39 is 0 Å². The minimum atomic E-state index is -0.166. The molecule has 0 aliphatic heterocycles. The summed E-state index contributed by atoms with van der Waals surface area (Å²) in [6.45, 7) is 11.2. The molecule has 4 rings (SSSR count). The van der Waals surface area contributed by atoms with E-state index >= 15 is 0 Å². The van der Waals surface area contributed by atoms with Gasteiger partial charge in [-0.3, -0.25) is 4.79 Å². The van der Waals surface area contributed by atoms with Crippen LogP contribution in [0.4, 0.5) is 10.9 Å². The Hall–Kier alpha value is -3.39. The molecule has 0 unspecified atom stereocenters. The Morgan fingerprint density at radius 1 is 1.09 bits per heavy atom. The Labute approximate surface area is 204 Å².